The molecule has 20 heavy (non-hydrogen) atoms. The van der Waals surface area contributed by atoms with Crippen LogP contribution < -0.4 is 0 Å². The SMILES string of the molecule is COC(=O)c1ccccc1S(=O)(=O)N(CCO)C1CC1. The normalized spacial score (nSPS) is 15.3. The Morgan fingerprint density at radius 1 is 1.40 bits per heavy atom. The Morgan fingerprint density at radius 2 is 2.05 bits per heavy atom. The average molecular weight is 299 g/mol. The summed E-state index contributed by atoms with van der Waals surface area (Å²) in [5.74, 6) is -0.691. The second-order valence-electron chi connectivity index (χ2n) is 4.56. The van der Waals surface area contributed by atoms with Crippen LogP contribution in [0, 0.1) is 0 Å². The lowest BCUT2D eigenvalue weighted by atomic mass is 10.2. The van der Waals surface area contributed by atoms with Crippen LogP contribution in [-0.4, -0.2) is 50.1 Å². The van der Waals surface area contributed by atoms with Crippen molar-refractivity contribution in [2.45, 2.75) is 23.8 Å². The van der Waals surface area contributed by atoms with E-state index >= 15 is 0 Å². The molecule has 1 aliphatic rings. The van der Waals surface area contributed by atoms with E-state index in [2.05, 4.69) is 4.74 Å². The number of carbonyl (C=O) groups excluding carboxylic acids is 1. The van der Waals surface area contributed by atoms with Crippen LogP contribution >= 0.6 is 0 Å². The zero-order valence-corrected chi connectivity index (χ0v) is 12.0. The number of hydrogen-bond acceptors (Lipinski definition) is 5. The maximum absolute atomic E-state index is 12.7. The second kappa shape index (κ2) is 5.90. The highest BCUT2D eigenvalue weighted by atomic mass is 32.2. The van der Waals surface area contributed by atoms with E-state index in [1.165, 1.54) is 23.5 Å². The van der Waals surface area contributed by atoms with Crippen molar-refractivity contribution in [2.75, 3.05) is 20.3 Å². The van der Waals surface area contributed by atoms with Gasteiger partial charge in [0.25, 0.3) is 0 Å². The van der Waals surface area contributed by atoms with Crippen LogP contribution in [-0.2, 0) is 14.8 Å². The van der Waals surface area contributed by atoms with Gasteiger partial charge in [0.2, 0.25) is 10.0 Å². The zero-order chi connectivity index (χ0) is 14.8. The molecule has 6 nitrogen and oxygen atoms in total. The molecule has 7 heteroatoms. The molecule has 1 aromatic rings. The minimum atomic E-state index is -3.81. The van der Waals surface area contributed by atoms with Crippen molar-refractivity contribution >= 4 is 16.0 Å². The van der Waals surface area contributed by atoms with Crippen LogP contribution in [0.1, 0.15) is 23.2 Å². The van der Waals surface area contributed by atoms with Gasteiger partial charge in [-0.2, -0.15) is 4.31 Å². The monoisotopic (exact) mass is 299 g/mol. The standard InChI is InChI=1S/C13H17NO5S/c1-19-13(16)11-4-2-3-5-12(11)20(17,18)14(8-9-15)10-6-7-10/h2-5,10,15H,6-9H2,1H3. The fraction of sp³-hybridized carbons (Fsp3) is 0.462. The maximum Gasteiger partial charge on any atom is 0.339 e. The van der Waals surface area contributed by atoms with Crippen molar-refractivity contribution in [3.05, 3.63) is 29.8 Å². The van der Waals surface area contributed by atoms with Crippen molar-refractivity contribution in [2.24, 2.45) is 0 Å². The van der Waals surface area contributed by atoms with Gasteiger partial charge in [-0.15, -0.1) is 0 Å². The number of rotatable bonds is 6. The van der Waals surface area contributed by atoms with Gasteiger partial charge in [0.05, 0.1) is 24.2 Å². The van der Waals surface area contributed by atoms with Crippen molar-refractivity contribution in [3.8, 4) is 0 Å². The first-order valence-electron chi connectivity index (χ1n) is 6.32. The molecule has 1 aliphatic carbocycles. The number of nitrogens with zero attached hydrogens (tertiary/aromatic N) is 1. The van der Waals surface area contributed by atoms with Gasteiger partial charge in [0.15, 0.2) is 0 Å². The molecule has 0 spiro atoms. The zero-order valence-electron chi connectivity index (χ0n) is 11.2. The van der Waals surface area contributed by atoms with E-state index < -0.39 is 16.0 Å². The number of esters is 1. The summed E-state index contributed by atoms with van der Waals surface area (Å²) < 4.78 is 31.2. The quantitative estimate of drug-likeness (QED) is 0.778. The first kappa shape index (κ1) is 15.0. The van der Waals surface area contributed by atoms with Gasteiger partial charge in [-0.3, -0.25) is 0 Å². The summed E-state index contributed by atoms with van der Waals surface area (Å²) in [6.07, 6.45) is 1.55. The van der Waals surface area contributed by atoms with Crippen LogP contribution in [0.4, 0.5) is 0 Å². The van der Waals surface area contributed by atoms with Gasteiger partial charge in [-0.05, 0) is 25.0 Å². The number of aliphatic hydroxyl groups excluding tert-OH is 1. The van der Waals surface area contributed by atoms with E-state index in [0.29, 0.717) is 0 Å². The Morgan fingerprint density at radius 3 is 2.60 bits per heavy atom. The fourth-order valence-electron chi connectivity index (χ4n) is 2.06. The molecule has 0 amide bonds. The molecule has 1 N–H and O–H groups in total. The molecule has 1 saturated carbocycles. The van der Waals surface area contributed by atoms with Crippen molar-refractivity contribution in [1.82, 2.24) is 4.31 Å². The molecule has 2 rings (SSSR count). The number of methoxy groups -OCH3 is 1. The topological polar surface area (TPSA) is 83.9 Å². The molecular formula is C13H17NO5S. The molecule has 0 atom stereocenters. The number of hydrogen-bond donors (Lipinski definition) is 1. The summed E-state index contributed by atoms with van der Waals surface area (Å²) in [4.78, 5) is 11.6. The van der Waals surface area contributed by atoms with E-state index in [1.54, 1.807) is 12.1 Å². The van der Waals surface area contributed by atoms with Crippen molar-refractivity contribution < 1.29 is 23.1 Å². The van der Waals surface area contributed by atoms with Gasteiger partial charge in [-0.25, -0.2) is 13.2 Å². The summed E-state index contributed by atoms with van der Waals surface area (Å²) >= 11 is 0. The third kappa shape index (κ3) is 2.84. The molecular weight excluding hydrogens is 282 g/mol. The summed E-state index contributed by atoms with van der Waals surface area (Å²) in [6, 6.07) is 5.86. The van der Waals surface area contributed by atoms with Crippen LogP contribution in [0.15, 0.2) is 29.2 Å². The summed E-state index contributed by atoms with van der Waals surface area (Å²) in [7, 11) is -2.61. The number of benzene rings is 1. The lowest BCUT2D eigenvalue weighted by Gasteiger charge is -2.21. The number of aliphatic hydroxyl groups is 1. The third-order valence-electron chi connectivity index (χ3n) is 3.15. The maximum atomic E-state index is 12.7. The lowest BCUT2D eigenvalue weighted by molar-refractivity contribution is 0.0596. The predicted molar refractivity (Wildman–Crippen MR) is 71.8 cm³/mol. The molecule has 0 aliphatic heterocycles. The van der Waals surface area contributed by atoms with Gasteiger partial charge in [0, 0.05) is 12.6 Å². The highest BCUT2D eigenvalue weighted by Crippen LogP contribution is 2.32. The highest BCUT2D eigenvalue weighted by Gasteiger charge is 2.39. The molecule has 1 fully saturated rings. The number of carbonyl (C=O) groups is 1. The Kier molecular flexibility index (Phi) is 4.42. The molecule has 0 unspecified atom stereocenters. The molecule has 0 saturated heterocycles. The van der Waals surface area contributed by atoms with E-state index in [0.717, 1.165) is 12.8 Å². The van der Waals surface area contributed by atoms with Crippen molar-refractivity contribution in [3.63, 3.8) is 0 Å². The minimum absolute atomic E-state index is 0.0126. The Balaban J connectivity index is 2.45. The first-order valence-corrected chi connectivity index (χ1v) is 7.76. The smallest absolute Gasteiger partial charge is 0.339 e. The van der Waals surface area contributed by atoms with E-state index in [1.807, 2.05) is 0 Å². The van der Waals surface area contributed by atoms with Gasteiger partial charge in [-0.1, -0.05) is 12.1 Å². The first-order chi connectivity index (χ1) is 9.52. The van der Waals surface area contributed by atoms with Crippen LogP contribution in [0.5, 0.6) is 0 Å². The molecule has 0 heterocycles. The predicted octanol–water partition coefficient (Wildman–Crippen LogP) is 0.619. The third-order valence-corrected chi connectivity index (χ3v) is 5.16. The molecule has 0 aromatic heterocycles. The van der Waals surface area contributed by atoms with Gasteiger partial charge in [0.1, 0.15) is 0 Å². The number of ether oxygens (including phenoxy) is 1. The molecule has 110 valence electrons. The van der Waals surface area contributed by atoms with E-state index in [9.17, 15) is 13.2 Å². The largest absolute Gasteiger partial charge is 0.465 e. The minimum Gasteiger partial charge on any atom is -0.465 e. The van der Waals surface area contributed by atoms with Gasteiger partial charge >= 0.3 is 5.97 Å². The second-order valence-corrected chi connectivity index (χ2v) is 6.42. The van der Waals surface area contributed by atoms with E-state index in [4.69, 9.17) is 5.11 Å². The van der Waals surface area contributed by atoms with Crippen molar-refractivity contribution in [1.29, 1.82) is 0 Å². The van der Waals surface area contributed by atoms with Crippen LogP contribution in [0.25, 0.3) is 0 Å². The summed E-state index contributed by atoms with van der Waals surface area (Å²) in [6.45, 7) is -0.224. The summed E-state index contributed by atoms with van der Waals surface area (Å²) in [5, 5.41) is 9.05. The van der Waals surface area contributed by atoms with Crippen LogP contribution in [0.2, 0.25) is 0 Å². The Bertz CT molecular complexity index is 595. The Hall–Kier alpha value is -1.44. The fourth-order valence-corrected chi connectivity index (χ4v) is 3.91. The van der Waals surface area contributed by atoms with Gasteiger partial charge < -0.3 is 9.84 Å². The number of sulfonamides is 1. The molecule has 0 bridgehead atoms. The molecule has 1 aromatic carbocycles. The summed E-state index contributed by atoms with van der Waals surface area (Å²) in [5.41, 5.74) is 0.0126. The van der Waals surface area contributed by atoms with Crippen LogP contribution in [0.3, 0.4) is 0 Å². The Labute approximate surface area is 118 Å². The molecule has 0 radical (unpaired) electrons. The van der Waals surface area contributed by atoms with E-state index in [-0.39, 0.29) is 29.7 Å². The average Bonchev–Trinajstić information content (AvgIpc) is 3.28. The highest BCUT2D eigenvalue weighted by molar-refractivity contribution is 7.89. The lowest BCUT2D eigenvalue weighted by Crippen LogP contribution is -2.36.